The average molecular weight is 335 g/mol. The van der Waals surface area contributed by atoms with Crippen LogP contribution >= 0.6 is 0 Å². The highest BCUT2D eigenvalue weighted by Gasteiger charge is 2.31. The van der Waals surface area contributed by atoms with E-state index in [9.17, 15) is 18.0 Å². The minimum absolute atomic E-state index is 0.186. The van der Waals surface area contributed by atoms with Gasteiger partial charge in [-0.25, -0.2) is 0 Å². The number of halogens is 3. The second-order valence-corrected chi connectivity index (χ2v) is 5.73. The molecule has 0 bridgehead atoms. The maximum atomic E-state index is 12.8. The van der Waals surface area contributed by atoms with Crippen molar-refractivity contribution in [2.24, 2.45) is 0 Å². The minimum atomic E-state index is -4.39. The fourth-order valence-corrected chi connectivity index (χ4v) is 2.64. The second kappa shape index (κ2) is 7.51. The highest BCUT2D eigenvalue weighted by Crippen LogP contribution is 2.31. The number of hydrogen-bond donors (Lipinski definition) is 1. The van der Waals surface area contributed by atoms with Crippen LogP contribution in [0.4, 0.5) is 13.2 Å². The van der Waals surface area contributed by atoms with E-state index in [4.69, 9.17) is 0 Å². The molecule has 5 heteroatoms. The quantitative estimate of drug-likeness (QED) is 0.811. The molecule has 0 aliphatic heterocycles. The zero-order chi connectivity index (χ0) is 17.7. The summed E-state index contributed by atoms with van der Waals surface area (Å²) in [7, 11) is 0. The van der Waals surface area contributed by atoms with Crippen LogP contribution in [-0.4, -0.2) is 5.91 Å². The van der Waals surface area contributed by atoms with Crippen LogP contribution in [-0.2, 0) is 11.0 Å². The first kappa shape index (κ1) is 18.0. The summed E-state index contributed by atoms with van der Waals surface area (Å²) in [5.74, 6) is -0.506. The molecule has 0 heterocycles. The minimum Gasteiger partial charge on any atom is -0.349 e. The van der Waals surface area contributed by atoms with Crippen LogP contribution in [0.1, 0.15) is 48.9 Å². The average Bonchev–Trinajstić information content (AvgIpc) is 2.56. The molecule has 0 radical (unpaired) electrons. The van der Waals surface area contributed by atoms with Crippen molar-refractivity contribution in [3.8, 4) is 0 Å². The van der Waals surface area contributed by atoms with E-state index in [0.717, 1.165) is 17.7 Å². The third kappa shape index (κ3) is 4.37. The van der Waals surface area contributed by atoms with Crippen molar-refractivity contribution in [2.75, 3.05) is 0 Å². The van der Waals surface area contributed by atoms with Gasteiger partial charge in [0.15, 0.2) is 0 Å². The summed E-state index contributed by atoms with van der Waals surface area (Å²) in [6.45, 7) is 3.59. The van der Waals surface area contributed by atoms with Crippen LogP contribution in [0.3, 0.4) is 0 Å². The van der Waals surface area contributed by atoms with E-state index in [1.165, 1.54) is 6.07 Å². The Morgan fingerprint density at radius 3 is 2.25 bits per heavy atom. The van der Waals surface area contributed by atoms with Gasteiger partial charge in [0.2, 0.25) is 5.91 Å². The van der Waals surface area contributed by atoms with E-state index in [2.05, 4.69) is 5.32 Å². The SMILES string of the molecule is CCC(C(=O)NC(C)c1cccc(C(F)(F)F)c1)c1ccccc1. The maximum Gasteiger partial charge on any atom is 0.416 e. The van der Waals surface area contributed by atoms with Gasteiger partial charge >= 0.3 is 6.18 Å². The Balaban J connectivity index is 2.14. The molecule has 128 valence electrons. The monoisotopic (exact) mass is 335 g/mol. The van der Waals surface area contributed by atoms with Crippen LogP contribution < -0.4 is 5.32 Å². The van der Waals surface area contributed by atoms with Gasteiger partial charge in [0.25, 0.3) is 0 Å². The van der Waals surface area contributed by atoms with Crippen LogP contribution in [0.25, 0.3) is 0 Å². The van der Waals surface area contributed by atoms with Gasteiger partial charge < -0.3 is 5.32 Å². The topological polar surface area (TPSA) is 29.1 Å². The zero-order valence-electron chi connectivity index (χ0n) is 13.6. The number of nitrogens with one attached hydrogen (secondary N) is 1. The summed E-state index contributed by atoms with van der Waals surface area (Å²) < 4.78 is 38.4. The molecule has 1 N–H and O–H groups in total. The van der Waals surface area contributed by atoms with Crippen molar-refractivity contribution < 1.29 is 18.0 Å². The molecular weight excluding hydrogens is 315 g/mol. The molecule has 1 amide bonds. The molecule has 2 atom stereocenters. The molecular formula is C19H20F3NO. The molecule has 0 saturated heterocycles. The summed E-state index contributed by atoms with van der Waals surface area (Å²) in [6, 6.07) is 13.9. The Hall–Kier alpha value is -2.30. The number of amides is 1. The van der Waals surface area contributed by atoms with E-state index in [1.54, 1.807) is 13.0 Å². The molecule has 2 unspecified atom stereocenters. The van der Waals surface area contributed by atoms with Crippen molar-refractivity contribution in [1.82, 2.24) is 5.32 Å². The lowest BCUT2D eigenvalue weighted by Gasteiger charge is -2.20. The Labute approximate surface area is 139 Å². The molecule has 24 heavy (non-hydrogen) atoms. The Kier molecular flexibility index (Phi) is 5.65. The lowest BCUT2D eigenvalue weighted by molar-refractivity contribution is -0.137. The van der Waals surface area contributed by atoms with Gasteiger partial charge in [-0.1, -0.05) is 49.4 Å². The summed E-state index contributed by atoms with van der Waals surface area (Å²) in [6.07, 6.45) is -3.78. The van der Waals surface area contributed by atoms with E-state index >= 15 is 0 Å². The molecule has 0 aromatic heterocycles. The van der Waals surface area contributed by atoms with Gasteiger partial charge in [0.05, 0.1) is 17.5 Å². The summed E-state index contributed by atoms with van der Waals surface area (Å²) >= 11 is 0. The van der Waals surface area contributed by atoms with Gasteiger partial charge in [0, 0.05) is 0 Å². The summed E-state index contributed by atoms with van der Waals surface area (Å²) in [4.78, 5) is 12.5. The van der Waals surface area contributed by atoms with E-state index in [-0.39, 0.29) is 11.8 Å². The summed E-state index contributed by atoms with van der Waals surface area (Å²) in [5.41, 5.74) is 0.617. The van der Waals surface area contributed by atoms with Crippen molar-refractivity contribution in [3.63, 3.8) is 0 Å². The number of alkyl halides is 3. The molecule has 0 saturated carbocycles. The van der Waals surface area contributed by atoms with Crippen molar-refractivity contribution in [2.45, 2.75) is 38.4 Å². The van der Waals surface area contributed by atoms with Crippen LogP contribution in [0.5, 0.6) is 0 Å². The second-order valence-electron chi connectivity index (χ2n) is 5.73. The van der Waals surface area contributed by atoms with E-state index in [1.807, 2.05) is 37.3 Å². The highest BCUT2D eigenvalue weighted by molar-refractivity contribution is 5.83. The molecule has 0 spiro atoms. The molecule has 2 nitrogen and oxygen atoms in total. The first-order valence-corrected chi connectivity index (χ1v) is 7.85. The number of carbonyl (C=O) groups is 1. The van der Waals surface area contributed by atoms with E-state index < -0.39 is 17.8 Å². The lowest BCUT2D eigenvalue weighted by Crippen LogP contribution is -2.31. The smallest absolute Gasteiger partial charge is 0.349 e. The van der Waals surface area contributed by atoms with Gasteiger partial charge in [-0.2, -0.15) is 13.2 Å². The van der Waals surface area contributed by atoms with Crippen molar-refractivity contribution in [1.29, 1.82) is 0 Å². The van der Waals surface area contributed by atoms with Gasteiger partial charge in [-0.3, -0.25) is 4.79 Å². The van der Waals surface area contributed by atoms with Gasteiger partial charge in [0.1, 0.15) is 0 Å². The predicted octanol–water partition coefficient (Wildman–Crippen LogP) is 5.08. The number of hydrogen-bond acceptors (Lipinski definition) is 1. The number of carbonyl (C=O) groups excluding carboxylic acids is 1. The van der Waals surface area contributed by atoms with Crippen molar-refractivity contribution >= 4 is 5.91 Å². The molecule has 0 aliphatic rings. The highest BCUT2D eigenvalue weighted by atomic mass is 19.4. The Bertz CT molecular complexity index is 683. The van der Waals surface area contributed by atoms with Gasteiger partial charge in [-0.15, -0.1) is 0 Å². The normalized spacial score (nSPS) is 14.0. The fraction of sp³-hybridized carbons (Fsp3) is 0.316. The number of benzene rings is 2. The van der Waals surface area contributed by atoms with Crippen LogP contribution in [0, 0.1) is 0 Å². The largest absolute Gasteiger partial charge is 0.416 e. The lowest BCUT2D eigenvalue weighted by atomic mass is 9.95. The number of rotatable bonds is 5. The van der Waals surface area contributed by atoms with Crippen LogP contribution in [0.15, 0.2) is 54.6 Å². The van der Waals surface area contributed by atoms with E-state index in [0.29, 0.717) is 12.0 Å². The molecule has 0 fully saturated rings. The Morgan fingerprint density at radius 1 is 1.04 bits per heavy atom. The predicted molar refractivity (Wildman–Crippen MR) is 87.5 cm³/mol. The molecule has 2 rings (SSSR count). The first-order chi connectivity index (χ1) is 11.3. The maximum absolute atomic E-state index is 12.8. The fourth-order valence-electron chi connectivity index (χ4n) is 2.64. The summed E-state index contributed by atoms with van der Waals surface area (Å²) in [5, 5.41) is 2.82. The third-order valence-electron chi connectivity index (χ3n) is 4.00. The standard InChI is InChI=1S/C19H20F3NO/c1-3-17(14-8-5-4-6-9-14)18(24)23-13(2)15-10-7-11-16(12-15)19(20,21)22/h4-13,17H,3H2,1-2H3,(H,23,24). The first-order valence-electron chi connectivity index (χ1n) is 7.85. The zero-order valence-corrected chi connectivity index (χ0v) is 13.6. The third-order valence-corrected chi connectivity index (χ3v) is 4.00. The molecule has 2 aromatic carbocycles. The van der Waals surface area contributed by atoms with Gasteiger partial charge in [-0.05, 0) is 36.6 Å². The Morgan fingerprint density at radius 2 is 1.67 bits per heavy atom. The molecule has 2 aromatic rings. The van der Waals surface area contributed by atoms with Crippen LogP contribution in [0.2, 0.25) is 0 Å². The van der Waals surface area contributed by atoms with Crippen molar-refractivity contribution in [3.05, 3.63) is 71.3 Å². The molecule has 0 aliphatic carbocycles.